The zero-order valence-corrected chi connectivity index (χ0v) is 5.62. The van der Waals surface area contributed by atoms with E-state index in [1.807, 2.05) is 0 Å². The number of rotatable bonds is 3. The lowest BCUT2D eigenvalue weighted by Crippen LogP contribution is -2.46. The van der Waals surface area contributed by atoms with E-state index in [-0.39, 0.29) is 5.91 Å². The van der Waals surface area contributed by atoms with Crippen LogP contribution in [0.2, 0.25) is 0 Å². The molecule has 0 radical (unpaired) electrons. The van der Waals surface area contributed by atoms with Crippen LogP contribution in [-0.2, 0) is 9.59 Å². The summed E-state index contributed by atoms with van der Waals surface area (Å²) in [6.45, 7) is 1.37. The van der Waals surface area contributed by atoms with Gasteiger partial charge in [0.05, 0.1) is 0 Å². The Kier molecular flexibility index (Phi) is 1.89. The maximum absolute atomic E-state index is 10.3. The molecular weight excluding hydrogens is 132 g/mol. The molecule has 1 saturated heterocycles. The lowest BCUT2D eigenvalue weighted by Gasteiger charge is -2.35. The van der Waals surface area contributed by atoms with Crippen molar-refractivity contribution in [3.63, 3.8) is 0 Å². The molecule has 4 heteroatoms. The van der Waals surface area contributed by atoms with Crippen LogP contribution >= 0.6 is 0 Å². The monoisotopic (exact) mass is 142 g/mol. The molecule has 1 fully saturated rings. The van der Waals surface area contributed by atoms with Crippen molar-refractivity contribution >= 4 is 12.3 Å². The highest BCUT2D eigenvalue weighted by Crippen LogP contribution is 2.15. The molecule has 0 aromatic heterocycles. The fourth-order valence-corrected chi connectivity index (χ4v) is 1.11. The third kappa shape index (κ3) is 1.46. The maximum Gasteiger partial charge on any atom is 0.217 e. The molecule has 56 valence electrons. The summed E-state index contributed by atoms with van der Waals surface area (Å²) in [6.07, 6.45) is 1.20. The van der Waals surface area contributed by atoms with Gasteiger partial charge in [0.1, 0.15) is 0 Å². The maximum atomic E-state index is 10.3. The fourth-order valence-electron chi connectivity index (χ4n) is 1.11. The van der Waals surface area contributed by atoms with Gasteiger partial charge in [0.15, 0.2) is 0 Å². The largest absolute Gasteiger partial charge is 0.370 e. The van der Waals surface area contributed by atoms with Gasteiger partial charge in [-0.2, -0.15) is 0 Å². The Bertz CT molecular complexity index is 152. The van der Waals surface area contributed by atoms with Gasteiger partial charge in [0.25, 0.3) is 0 Å². The molecule has 2 N–H and O–H groups in total. The van der Waals surface area contributed by atoms with Crippen LogP contribution < -0.4 is 5.73 Å². The molecule has 0 saturated carbocycles. The number of carbonyl (C=O) groups is 2. The second kappa shape index (κ2) is 2.68. The lowest BCUT2D eigenvalue weighted by atomic mass is 9.97. The van der Waals surface area contributed by atoms with Crippen LogP contribution in [0.1, 0.15) is 6.42 Å². The minimum Gasteiger partial charge on any atom is -0.370 e. The molecule has 1 aliphatic rings. The van der Waals surface area contributed by atoms with Gasteiger partial charge >= 0.3 is 0 Å². The van der Waals surface area contributed by atoms with Gasteiger partial charge in [-0.1, -0.05) is 0 Å². The molecule has 0 bridgehead atoms. The van der Waals surface area contributed by atoms with Gasteiger partial charge in [0.2, 0.25) is 12.3 Å². The van der Waals surface area contributed by atoms with Crippen molar-refractivity contribution < 1.29 is 9.59 Å². The summed E-state index contributed by atoms with van der Waals surface area (Å²) in [5, 5.41) is 0. The van der Waals surface area contributed by atoms with Crippen LogP contribution in [-0.4, -0.2) is 30.3 Å². The van der Waals surface area contributed by atoms with E-state index in [4.69, 9.17) is 5.73 Å². The number of hydrogen-bond acceptors (Lipinski definition) is 2. The highest BCUT2D eigenvalue weighted by atomic mass is 16.1. The van der Waals surface area contributed by atoms with E-state index in [9.17, 15) is 9.59 Å². The molecule has 0 atom stereocenters. The van der Waals surface area contributed by atoms with Crippen LogP contribution in [0.4, 0.5) is 0 Å². The van der Waals surface area contributed by atoms with Gasteiger partial charge in [-0.3, -0.25) is 9.59 Å². The van der Waals surface area contributed by atoms with Crippen molar-refractivity contribution in [3.8, 4) is 0 Å². The highest BCUT2D eigenvalue weighted by Gasteiger charge is 2.26. The van der Waals surface area contributed by atoms with E-state index in [1.54, 1.807) is 4.90 Å². The number of carbonyl (C=O) groups excluding carboxylic acids is 2. The molecule has 0 unspecified atom stereocenters. The smallest absolute Gasteiger partial charge is 0.217 e. The van der Waals surface area contributed by atoms with Gasteiger partial charge in [0, 0.05) is 25.4 Å². The number of nitrogens with two attached hydrogens (primary N) is 1. The summed E-state index contributed by atoms with van der Waals surface area (Å²) in [7, 11) is 0. The molecular formula is C6H10N2O2. The van der Waals surface area contributed by atoms with E-state index in [2.05, 4.69) is 0 Å². The number of likely N-dealkylation sites (tertiary alicyclic amines) is 1. The Hall–Kier alpha value is -1.06. The quantitative estimate of drug-likeness (QED) is 0.511. The van der Waals surface area contributed by atoms with Gasteiger partial charge in [-0.25, -0.2) is 0 Å². The molecule has 10 heavy (non-hydrogen) atoms. The molecule has 1 heterocycles. The average molecular weight is 142 g/mol. The summed E-state index contributed by atoms with van der Waals surface area (Å²) in [5.74, 6) is 0.0262. The summed E-state index contributed by atoms with van der Waals surface area (Å²) < 4.78 is 0. The fraction of sp³-hybridized carbons (Fsp3) is 0.667. The molecule has 0 spiro atoms. The first kappa shape index (κ1) is 7.05. The third-order valence-corrected chi connectivity index (χ3v) is 1.62. The second-order valence-corrected chi connectivity index (χ2v) is 2.60. The molecule has 0 aromatic rings. The van der Waals surface area contributed by atoms with E-state index in [1.165, 1.54) is 0 Å². The van der Waals surface area contributed by atoms with Crippen LogP contribution in [0.15, 0.2) is 0 Å². The molecule has 4 nitrogen and oxygen atoms in total. The number of hydrogen-bond donors (Lipinski definition) is 1. The average Bonchev–Trinajstić information content (AvgIpc) is 1.76. The zero-order chi connectivity index (χ0) is 7.56. The molecule has 1 rings (SSSR count). The van der Waals surface area contributed by atoms with E-state index >= 15 is 0 Å². The Morgan fingerprint density at radius 3 is 2.70 bits per heavy atom. The van der Waals surface area contributed by atoms with Crippen molar-refractivity contribution in [2.24, 2.45) is 11.7 Å². The Morgan fingerprint density at radius 2 is 2.30 bits per heavy atom. The van der Waals surface area contributed by atoms with E-state index in [0.717, 1.165) is 6.41 Å². The SMILES string of the molecule is NC(=O)CC1CN(C=O)C1. The first-order valence-corrected chi connectivity index (χ1v) is 3.20. The molecule has 1 aliphatic heterocycles. The van der Waals surface area contributed by atoms with Crippen molar-refractivity contribution in [1.82, 2.24) is 4.90 Å². The Morgan fingerprint density at radius 1 is 1.70 bits per heavy atom. The van der Waals surface area contributed by atoms with Crippen LogP contribution in [0.25, 0.3) is 0 Å². The van der Waals surface area contributed by atoms with Gasteiger partial charge < -0.3 is 10.6 Å². The van der Waals surface area contributed by atoms with Crippen LogP contribution in [0.5, 0.6) is 0 Å². The first-order valence-electron chi connectivity index (χ1n) is 3.20. The van der Waals surface area contributed by atoms with Gasteiger partial charge in [-0.05, 0) is 0 Å². The summed E-state index contributed by atoms with van der Waals surface area (Å²) in [4.78, 5) is 22.0. The van der Waals surface area contributed by atoms with E-state index in [0.29, 0.717) is 25.4 Å². The van der Waals surface area contributed by atoms with Crippen molar-refractivity contribution in [2.45, 2.75) is 6.42 Å². The number of nitrogens with zero attached hydrogens (tertiary/aromatic N) is 1. The predicted molar refractivity (Wildman–Crippen MR) is 34.9 cm³/mol. The summed E-state index contributed by atoms with van der Waals surface area (Å²) >= 11 is 0. The second-order valence-electron chi connectivity index (χ2n) is 2.60. The lowest BCUT2D eigenvalue weighted by molar-refractivity contribution is -0.127. The minimum absolute atomic E-state index is 0.282. The molecule has 0 aromatic carbocycles. The first-order chi connectivity index (χ1) is 4.72. The summed E-state index contributed by atoms with van der Waals surface area (Å²) in [6, 6.07) is 0. The van der Waals surface area contributed by atoms with Crippen LogP contribution in [0.3, 0.4) is 0 Å². The van der Waals surface area contributed by atoms with Crippen LogP contribution in [0, 0.1) is 5.92 Å². The molecule has 2 amide bonds. The third-order valence-electron chi connectivity index (χ3n) is 1.62. The standard InChI is InChI=1S/C6H10N2O2/c7-6(10)1-5-2-8(3-5)4-9/h4-5H,1-3H2,(H2,7,10). The number of primary amides is 1. The molecule has 0 aliphatic carbocycles. The van der Waals surface area contributed by atoms with E-state index < -0.39 is 0 Å². The minimum atomic E-state index is -0.282. The number of amides is 2. The topological polar surface area (TPSA) is 63.4 Å². The Balaban J connectivity index is 2.14. The van der Waals surface area contributed by atoms with Crippen molar-refractivity contribution in [1.29, 1.82) is 0 Å². The predicted octanol–water partition coefficient (Wildman–Crippen LogP) is -1.05. The normalized spacial score (nSPS) is 18.2. The highest BCUT2D eigenvalue weighted by molar-refractivity contribution is 5.74. The Labute approximate surface area is 59.0 Å². The van der Waals surface area contributed by atoms with Gasteiger partial charge in [-0.15, -0.1) is 0 Å². The summed E-state index contributed by atoms with van der Waals surface area (Å²) in [5.41, 5.74) is 4.94. The van der Waals surface area contributed by atoms with Crippen molar-refractivity contribution in [2.75, 3.05) is 13.1 Å². The van der Waals surface area contributed by atoms with Crippen molar-refractivity contribution in [3.05, 3.63) is 0 Å². The zero-order valence-electron chi connectivity index (χ0n) is 5.62.